The van der Waals surface area contributed by atoms with Crippen molar-refractivity contribution in [1.29, 1.82) is 0 Å². The van der Waals surface area contributed by atoms with E-state index in [9.17, 15) is 63.9 Å². The number of nitrogens with zero attached hydrogens (tertiary/aromatic N) is 7. The predicted molar refractivity (Wildman–Crippen MR) is 226 cm³/mol. The van der Waals surface area contributed by atoms with Crippen molar-refractivity contribution in [3.8, 4) is 0 Å². The number of carboxylic acids is 5. The number of amides is 2. The van der Waals surface area contributed by atoms with Gasteiger partial charge in [0, 0.05) is 76.6 Å². The van der Waals surface area contributed by atoms with E-state index < -0.39 is 90.4 Å². The van der Waals surface area contributed by atoms with E-state index >= 15 is 0 Å². The number of anilines is 2. The van der Waals surface area contributed by atoms with Gasteiger partial charge < -0.3 is 47.2 Å². The van der Waals surface area contributed by atoms with Crippen LogP contribution in [0.25, 0.3) is 11.2 Å². The lowest BCUT2D eigenvalue weighted by molar-refractivity contribution is -0.147. The molecule has 25 nitrogen and oxygen atoms in total. The summed E-state index contributed by atoms with van der Waals surface area (Å²) in [5.74, 6) is -7.74. The number of hydrogen-bond acceptors (Lipinski definition) is 17. The van der Waals surface area contributed by atoms with Crippen LogP contribution in [0.3, 0.4) is 0 Å². The maximum absolute atomic E-state index is 13.0. The number of aromatic amines is 1. The van der Waals surface area contributed by atoms with Crippen molar-refractivity contribution in [3.63, 3.8) is 0 Å². The molecule has 11 N–H and O–H groups in total. The third kappa shape index (κ3) is 14.1. The fourth-order valence-electron chi connectivity index (χ4n) is 6.85. The summed E-state index contributed by atoms with van der Waals surface area (Å²) in [6.07, 6.45) is 0.646. The molecule has 4 rings (SSSR count). The quantitative estimate of drug-likeness (QED) is 0.0627. The number of carbonyl (C=O) groups is 7. The second-order valence-electron chi connectivity index (χ2n) is 15.2. The summed E-state index contributed by atoms with van der Waals surface area (Å²) in [4.78, 5) is 120. The fourth-order valence-corrected chi connectivity index (χ4v) is 6.85. The summed E-state index contributed by atoms with van der Waals surface area (Å²) >= 11 is 0. The molecule has 2 aromatic heterocycles. The first-order valence-corrected chi connectivity index (χ1v) is 20.3. The van der Waals surface area contributed by atoms with Crippen LogP contribution in [0, 0.1) is 0 Å². The van der Waals surface area contributed by atoms with Gasteiger partial charge in [0.1, 0.15) is 30.2 Å². The number of fused-ring (bicyclic) bond motifs is 1. The molecule has 2 amide bonds. The Bertz CT molecular complexity index is 2190. The van der Waals surface area contributed by atoms with Gasteiger partial charge in [-0.3, -0.25) is 58.1 Å². The molecule has 1 fully saturated rings. The number of rotatable bonds is 19. The summed E-state index contributed by atoms with van der Waals surface area (Å²) in [6, 6.07) is 0.0844. The van der Waals surface area contributed by atoms with Crippen molar-refractivity contribution in [1.82, 2.24) is 50.2 Å². The zero-order chi connectivity index (χ0) is 47.2. The van der Waals surface area contributed by atoms with Crippen LogP contribution in [0.2, 0.25) is 0 Å². The highest BCUT2D eigenvalue weighted by Crippen LogP contribution is 2.14. The molecule has 0 radical (unpaired) electrons. The average Bonchev–Trinajstić information content (AvgIpc) is 3.24. The van der Waals surface area contributed by atoms with Gasteiger partial charge in [0.15, 0.2) is 11.2 Å². The lowest BCUT2D eigenvalue weighted by Gasteiger charge is -2.38. The summed E-state index contributed by atoms with van der Waals surface area (Å²) in [5, 5.41) is 57.5. The minimum atomic E-state index is -1.50. The summed E-state index contributed by atoms with van der Waals surface area (Å²) in [7, 11) is 0. The Kier molecular flexibility index (Phi) is 17.9. The molecule has 1 aromatic carbocycles. The second-order valence-corrected chi connectivity index (χ2v) is 15.2. The molecule has 3 aromatic rings. The van der Waals surface area contributed by atoms with E-state index in [4.69, 9.17) is 5.73 Å². The van der Waals surface area contributed by atoms with Crippen LogP contribution in [0.5, 0.6) is 0 Å². The van der Waals surface area contributed by atoms with Gasteiger partial charge in [-0.15, -0.1) is 0 Å². The number of nitrogens with one attached hydrogen (secondary N) is 4. The number of carboxylic acid groups (broad SMARTS) is 5. The van der Waals surface area contributed by atoms with Gasteiger partial charge in [-0.1, -0.05) is 0 Å². The Morgan fingerprint density at radius 3 is 1.69 bits per heavy atom. The first kappa shape index (κ1) is 49.8. The largest absolute Gasteiger partial charge is 0.480 e. The van der Waals surface area contributed by atoms with Crippen LogP contribution >= 0.6 is 0 Å². The Balaban J connectivity index is 1.37. The molecule has 1 saturated heterocycles. The van der Waals surface area contributed by atoms with Crippen LogP contribution in [-0.4, -0.2) is 196 Å². The molecule has 3 heterocycles. The van der Waals surface area contributed by atoms with Crippen LogP contribution in [-0.2, 0) is 35.3 Å². The number of aromatic nitrogens is 4. The zero-order valence-corrected chi connectivity index (χ0v) is 35.5. The van der Waals surface area contributed by atoms with Crippen molar-refractivity contribution in [3.05, 3.63) is 52.1 Å². The highest BCUT2D eigenvalue weighted by atomic mass is 16.4. The minimum Gasteiger partial charge on any atom is -0.480 e. The third-order valence-corrected chi connectivity index (χ3v) is 11.0. The Morgan fingerprint density at radius 2 is 1.22 bits per heavy atom. The van der Waals surface area contributed by atoms with Crippen LogP contribution in [0.15, 0.2) is 35.3 Å². The number of hydrogen-bond donors (Lipinski definition) is 10. The molecule has 5 atom stereocenters. The van der Waals surface area contributed by atoms with E-state index in [-0.39, 0.29) is 88.0 Å². The number of nitrogens with two attached hydrogens (primary N) is 1. The average molecular weight is 899 g/mol. The van der Waals surface area contributed by atoms with Gasteiger partial charge >= 0.3 is 29.8 Å². The fraction of sp³-hybridized carbons (Fsp3) is 0.513. The van der Waals surface area contributed by atoms with E-state index in [2.05, 4.69) is 35.9 Å². The maximum atomic E-state index is 13.0. The summed E-state index contributed by atoms with van der Waals surface area (Å²) in [6.45, 7) is 4.46. The van der Waals surface area contributed by atoms with E-state index in [1.807, 2.05) is 0 Å². The number of H-pyrrole nitrogens is 1. The van der Waals surface area contributed by atoms with Gasteiger partial charge in [-0.25, -0.2) is 14.8 Å². The van der Waals surface area contributed by atoms with Crippen molar-refractivity contribution in [2.24, 2.45) is 0 Å². The highest BCUT2D eigenvalue weighted by molar-refractivity contribution is 5.97. The van der Waals surface area contributed by atoms with E-state index in [1.54, 1.807) is 26.8 Å². The first-order chi connectivity index (χ1) is 30.2. The Hall–Kier alpha value is -6.83. The zero-order valence-electron chi connectivity index (χ0n) is 35.5. The third-order valence-electron chi connectivity index (χ3n) is 11.0. The molecule has 1 aliphatic rings. The molecule has 25 heteroatoms. The van der Waals surface area contributed by atoms with Crippen LogP contribution in [0.1, 0.15) is 49.7 Å². The summed E-state index contributed by atoms with van der Waals surface area (Å²) < 4.78 is 0. The minimum absolute atomic E-state index is 0.00480. The monoisotopic (exact) mass is 898 g/mol. The molecule has 0 saturated carbocycles. The molecule has 348 valence electrons. The van der Waals surface area contributed by atoms with Crippen molar-refractivity contribution in [2.75, 3.05) is 70.0 Å². The lowest BCUT2D eigenvalue weighted by atomic mass is 10.1. The van der Waals surface area contributed by atoms with Gasteiger partial charge in [-0.2, -0.15) is 4.98 Å². The normalized spacial score (nSPS) is 17.4. The molecule has 0 aliphatic carbocycles. The maximum Gasteiger partial charge on any atom is 0.326 e. The first-order valence-electron chi connectivity index (χ1n) is 20.3. The van der Waals surface area contributed by atoms with E-state index in [0.717, 1.165) is 0 Å². The second kappa shape index (κ2) is 23.0. The van der Waals surface area contributed by atoms with Gasteiger partial charge in [0.05, 0.1) is 18.4 Å². The molecular weight excluding hydrogens is 844 g/mol. The molecule has 0 spiro atoms. The van der Waals surface area contributed by atoms with Crippen molar-refractivity contribution < 1.29 is 59.1 Å². The SMILES string of the molecule is CC(C(=O)O)N1CCN(C(CNC(=O)CCC(NC(=O)c2ccc(NCc3cnc4nc(N)[nH]c(=O)c4n3)cc2)C(=O)O)C(=O)O)CCN(C(C)C(=O)O)CCN([C@H](C)C(=O)O)CC1. The van der Waals surface area contributed by atoms with Crippen molar-refractivity contribution >= 4 is 64.5 Å². The number of nitrogen functional groups attached to an aromatic ring is 1. The number of carbonyl (C=O) groups excluding carboxylic acids is 2. The number of aliphatic carboxylic acids is 5. The van der Waals surface area contributed by atoms with Crippen molar-refractivity contribution in [2.45, 2.75) is 70.4 Å². The lowest BCUT2D eigenvalue weighted by Crippen LogP contribution is -2.57. The topological polar surface area (TPSA) is 367 Å². The number of benzene rings is 1. The molecule has 64 heavy (non-hydrogen) atoms. The van der Waals surface area contributed by atoms with E-state index in [0.29, 0.717) is 11.4 Å². The standard InChI is InChI=1S/C39H54N12O13/c1-21(34(55)56)48-10-12-49(22(2)35(57)58)14-16-51(17-15-50(13-11-48)23(3)36(59)60)28(38(63)64)20-42-29(52)9-8-27(37(61)62)45-32(53)24-4-6-25(7-5-24)41-18-26-19-43-31-30(44-26)33(54)47-39(40)46-31/h4-7,19,21-23,27-28,41H,8-18,20H2,1-3H3,(H,42,52)(H,45,53)(H,55,56)(H,57,58)(H,59,60)(H,61,62)(H,63,64)(H3,40,43,46,47,54)/t21-,22?,23?,27?,28?/m1/s1. The summed E-state index contributed by atoms with van der Waals surface area (Å²) in [5.41, 5.74) is 6.15. The Labute approximate surface area is 365 Å². The molecule has 4 unspecified atom stereocenters. The highest BCUT2D eigenvalue weighted by Gasteiger charge is 2.32. The predicted octanol–water partition coefficient (Wildman–Crippen LogP) is -1.92. The molecular formula is C39H54N12O13. The van der Waals surface area contributed by atoms with E-state index in [1.165, 1.54) is 44.0 Å². The van der Waals surface area contributed by atoms with Gasteiger partial charge in [-0.05, 0) is 51.5 Å². The smallest absolute Gasteiger partial charge is 0.326 e. The van der Waals surface area contributed by atoms with Gasteiger partial charge in [0.2, 0.25) is 11.9 Å². The van der Waals surface area contributed by atoms with Gasteiger partial charge in [0.25, 0.3) is 11.5 Å². The molecule has 0 bridgehead atoms. The van der Waals surface area contributed by atoms with Crippen LogP contribution < -0.4 is 27.2 Å². The Morgan fingerprint density at radius 1 is 0.719 bits per heavy atom. The molecule has 1 aliphatic heterocycles. The van der Waals surface area contributed by atoms with Crippen LogP contribution in [0.4, 0.5) is 11.6 Å².